The standard InChI is InChI=1S/C12H13BrClFO/c1-6-3-7(6)12(14)8-4-9(13)10(15)5-11(8)16-2/h4-7,12H,3H2,1-2H3. The molecular weight excluding hydrogens is 294 g/mol. The van der Waals surface area contributed by atoms with Gasteiger partial charge in [0.05, 0.1) is 17.0 Å². The van der Waals surface area contributed by atoms with Gasteiger partial charge in [-0.2, -0.15) is 0 Å². The second-order valence-electron chi connectivity index (χ2n) is 4.29. The van der Waals surface area contributed by atoms with E-state index in [0.717, 1.165) is 12.0 Å². The van der Waals surface area contributed by atoms with Crippen molar-refractivity contribution < 1.29 is 9.13 Å². The van der Waals surface area contributed by atoms with Gasteiger partial charge < -0.3 is 4.74 Å². The molecule has 1 aromatic rings. The third-order valence-corrected chi connectivity index (χ3v) is 4.28. The minimum atomic E-state index is -0.326. The van der Waals surface area contributed by atoms with Crippen LogP contribution in [0.15, 0.2) is 16.6 Å². The van der Waals surface area contributed by atoms with E-state index in [1.54, 1.807) is 6.07 Å². The molecule has 16 heavy (non-hydrogen) atoms. The highest BCUT2D eigenvalue weighted by Crippen LogP contribution is 2.52. The second kappa shape index (κ2) is 4.53. The van der Waals surface area contributed by atoms with Crippen molar-refractivity contribution >= 4 is 27.5 Å². The largest absolute Gasteiger partial charge is 0.496 e. The zero-order chi connectivity index (χ0) is 11.9. The van der Waals surface area contributed by atoms with E-state index in [9.17, 15) is 4.39 Å². The SMILES string of the molecule is COc1cc(F)c(Br)cc1C(Cl)C1CC1C. The Balaban J connectivity index is 2.35. The summed E-state index contributed by atoms with van der Waals surface area (Å²) in [7, 11) is 1.53. The molecule has 1 aliphatic carbocycles. The van der Waals surface area contributed by atoms with E-state index in [1.807, 2.05) is 0 Å². The molecule has 0 bridgehead atoms. The Kier molecular flexibility index (Phi) is 3.45. The maximum Gasteiger partial charge on any atom is 0.141 e. The molecule has 0 aromatic heterocycles. The summed E-state index contributed by atoms with van der Waals surface area (Å²) in [6.07, 6.45) is 1.13. The highest BCUT2D eigenvalue weighted by molar-refractivity contribution is 9.10. The van der Waals surface area contributed by atoms with Crippen LogP contribution in [-0.2, 0) is 0 Å². The van der Waals surface area contributed by atoms with Crippen molar-refractivity contribution in [2.75, 3.05) is 7.11 Å². The van der Waals surface area contributed by atoms with Crippen LogP contribution in [0.4, 0.5) is 4.39 Å². The van der Waals surface area contributed by atoms with Crippen LogP contribution in [0.2, 0.25) is 0 Å². The Labute approximate surface area is 108 Å². The Morgan fingerprint density at radius 1 is 1.56 bits per heavy atom. The van der Waals surface area contributed by atoms with Gasteiger partial charge in [-0.25, -0.2) is 4.39 Å². The monoisotopic (exact) mass is 306 g/mol. The number of hydrogen-bond acceptors (Lipinski definition) is 1. The minimum absolute atomic E-state index is 0.0955. The predicted octanol–water partition coefficient (Wildman–Crippen LogP) is 4.53. The topological polar surface area (TPSA) is 9.23 Å². The van der Waals surface area contributed by atoms with E-state index in [0.29, 0.717) is 22.1 Å². The Bertz CT molecular complexity index is 410. The van der Waals surface area contributed by atoms with E-state index >= 15 is 0 Å². The molecule has 1 saturated carbocycles. The van der Waals surface area contributed by atoms with E-state index in [1.165, 1.54) is 13.2 Å². The molecule has 3 atom stereocenters. The number of rotatable bonds is 3. The number of benzene rings is 1. The average molecular weight is 308 g/mol. The number of alkyl halides is 1. The van der Waals surface area contributed by atoms with Crippen LogP contribution in [0.25, 0.3) is 0 Å². The Hall–Kier alpha value is -0.280. The van der Waals surface area contributed by atoms with Gasteiger partial charge in [-0.15, -0.1) is 11.6 Å². The van der Waals surface area contributed by atoms with Crippen molar-refractivity contribution in [1.29, 1.82) is 0 Å². The highest BCUT2D eigenvalue weighted by atomic mass is 79.9. The summed E-state index contributed by atoms with van der Waals surface area (Å²) in [4.78, 5) is 0. The molecule has 0 heterocycles. The van der Waals surface area contributed by atoms with Crippen LogP contribution in [0.1, 0.15) is 24.3 Å². The fraction of sp³-hybridized carbons (Fsp3) is 0.500. The molecule has 0 N–H and O–H groups in total. The summed E-state index contributed by atoms with van der Waals surface area (Å²) in [6.45, 7) is 2.17. The van der Waals surface area contributed by atoms with Gasteiger partial charge in [0.25, 0.3) is 0 Å². The molecule has 1 aliphatic rings. The fourth-order valence-corrected chi connectivity index (χ4v) is 2.81. The molecule has 1 nitrogen and oxygen atoms in total. The van der Waals surface area contributed by atoms with Crippen LogP contribution < -0.4 is 4.74 Å². The summed E-state index contributed by atoms with van der Waals surface area (Å²) in [5, 5.41) is -0.0955. The summed E-state index contributed by atoms with van der Waals surface area (Å²) >= 11 is 9.56. The molecule has 0 saturated heterocycles. The van der Waals surface area contributed by atoms with E-state index in [2.05, 4.69) is 22.9 Å². The van der Waals surface area contributed by atoms with Gasteiger partial charge in [-0.1, -0.05) is 6.92 Å². The molecule has 1 aromatic carbocycles. The number of ether oxygens (including phenoxy) is 1. The van der Waals surface area contributed by atoms with Crippen molar-refractivity contribution in [2.24, 2.45) is 11.8 Å². The van der Waals surface area contributed by atoms with Crippen LogP contribution in [0, 0.1) is 17.7 Å². The van der Waals surface area contributed by atoms with E-state index < -0.39 is 0 Å². The van der Waals surface area contributed by atoms with Crippen LogP contribution in [0.3, 0.4) is 0 Å². The van der Waals surface area contributed by atoms with Gasteiger partial charge in [0.1, 0.15) is 11.6 Å². The van der Waals surface area contributed by atoms with Gasteiger partial charge in [0.15, 0.2) is 0 Å². The molecule has 0 radical (unpaired) electrons. The van der Waals surface area contributed by atoms with Crippen molar-refractivity contribution in [3.8, 4) is 5.75 Å². The first kappa shape index (κ1) is 12.2. The van der Waals surface area contributed by atoms with E-state index in [-0.39, 0.29) is 11.2 Å². The van der Waals surface area contributed by atoms with Crippen molar-refractivity contribution in [3.63, 3.8) is 0 Å². The van der Waals surface area contributed by atoms with Crippen molar-refractivity contribution in [3.05, 3.63) is 28.0 Å². The fourth-order valence-electron chi connectivity index (χ4n) is 1.93. The quantitative estimate of drug-likeness (QED) is 0.745. The van der Waals surface area contributed by atoms with E-state index in [4.69, 9.17) is 16.3 Å². The minimum Gasteiger partial charge on any atom is -0.496 e. The lowest BCUT2D eigenvalue weighted by Crippen LogP contribution is -2.00. The Morgan fingerprint density at radius 2 is 2.19 bits per heavy atom. The van der Waals surface area contributed by atoms with Crippen LogP contribution in [0.5, 0.6) is 5.75 Å². The van der Waals surface area contributed by atoms with Crippen molar-refractivity contribution in [1.82, 2.24) is 0 Å². The lowest BCUT2D eigenvalue weighted by atomic mass is 10.1. The molecule has 2 rings (SSSR count). The third kappa shape index (κ3) is 2.21. The second-order valence-corrected chi connectivity index (χ2v) is 5.61. The van der Waals surface area contributed by atoms with Gasteiger partial charge in [-0.05, 0) is 40.3 Å². The zero-order valence-electron chi connectivity index (χ0n) is 9.14. The molecule has 0 spiro atoms. The maximum absolute atomic E-state index is 13.3. The normalized spacial score (nSPS) is 25.3. The molecular formula is C12H13BrClFO. The predicted molar refractivity (Wildman–Crippen MR) is 66.5 cm³/mol. The molecule has 3 unspecified atom stereocenters. The summed E-state index contributed by atoms with van der Waals surface area (Å²) < 4.78 is 18.9. The van der Waals surface area contributed by atoms with Gasteiger partial charge in [0, 0.05) is 11.6 Å². The third-order valence-electron chi connectivity index (χ3n) is 3.12. The van der Waals surface area contributed by atoms with Gasteiger partial charge in [-0.3, -0.25) is 0 Å². The number of methoxy groups -OCH3 is 1. The van der Waals surface area contributed by atoms with Crippen molar-refractivity contribution in [2.45, 2.75) is 18.7 Å². The molecule has 0 amide bonds. The summed E-state index contributed by atoms with van der Waals surface area (Å²) in [5.74, 6) is 1.33. The first-order valence-electron chi connectivity index (χ1n) is 5.21. The molecule has 88 valence electrons. The lowest BCUT2D eigenvalue weighted by Gasteiger charge is -2.14. The van der Waals surface area contributed by atoms with Crippen LogP contribution in [-0.4, -0.2) is 7.11 Å². The lowest BCUT2D eigenvalue weighted by molar-refractivity contribution is 0.403. The smallest absolute Gasteiger partial charge is 0.141 e. The summed E-state index contributed by atoms with van der Waals surface area (Å²) in [5.41, 5.74) is 0.867. The van der Waals surface area contributed by atoms with Gasteiger partial charge >= 0.3 is 0 Å². The molecule has 0 aliphatic heterocycles. The van der Waals surface area contributed by atoms with Gasteiger partial charge in [0.2, 0.25) is 0 Å². The average Bonchev–Trinajstić information content (AvgIpc) is 2.98. The number of halogens is 3. The molecule has 1 fully saturated rings. The van der Waals surface area contributed by atoms with Crippen LogP contribution >= 0.6 is 27.5 Å². The first-order chi connectivity index (χ1) is 7.54. The number of hydrogen-bond donors (Lipinski definition) is 0. The highest BCUT2D eigenvalue weighted by Gasteiger charge is 2.40. The zero-order valence-corrected chi connectivity index (χ0v) is 11.5. The molecule has 4 heteroatoms. The maximum atomic E-state index is 13.3. The first-order valence-corrected chi connectivity index (χ1v) is 6.44. The summed E-state index contributed by atoms with van der Waals surface area (Å²) in [6, 6.07) is 3.10. The Morgan fingerprint density at radius 3 is 2.69 bits per heavy atom.